The average Bonchev–Trinajstić information content (AvgIpc) is 2.43. The van der Waals surface area contributed by atoms with Gasteiger partial charge in [-0.25, -0.2) is 8.78 Å². The number of halogens is 3. The van der Waals surface area contributed by atoms with E-state index in [1.807, 2.05) is 0 Å². The number of hydrogen-bond donors (Lipinski definition) is 0. The van der Waals surface area contributed by atoms with E-state index in [9.17, 15) is 13.6 Å². The van der Waals surface area contributed by atoms with Gasteiger partial charge < -0.3 is 9.64 Å². The number of nitrogens with zero attached hydrogens (tertiary/aromatic N) is 1. The molecule has 6 heteroatoms. The zero-order chi connectivity index (χ0) is 13.8. The monoisotopic (exact) mass is 333 g/mol. The largest absolute Gasteiger partial charge is 0.374 e. The van der Waals surface area contributed by atoms with Crippen molar-refractivity contribution < 1.29 is 18.3 Å². The van der Waals surface area contributed by atoms with E-state index in [1.165, 1.54) is 6.07 Å². The molecule has 0 spiro atoms. The summed E-state index contributed by atoms with van der Waals surface area (Å²) in [6, 6.07) is 3.53. The zero-order valence-electron chi connectivity index (χ0n) is 10.2. The minimum absolute atomic E-state index is 0.0114. The number of alkyl halides is 1. The number of benzene rings is 1. The number of amides is 1. The van der Waals surface area contributed by atoms with Crippen molar-refractivity contribution in [2.45, 2.75) is 12.5 Å². The average molecular weight is 334 g/mol. The van der Waals surface area contributed by atoms with E-state index in [1.54, 1.807) is 4.90 Å². The normalized spacial score (nSPS) is 19.5. The molecule has 0 bridgehead atoms. The minimum Gasteiger partial charge on any atom is -0.374 e. The Hall–Kier alpha value is -1.01. The molecule has 1 aromatic carbocycles. The first-order valence-electron chi connectivity index (χ1n) is 5.99. The van der Waals surface area contributed by atoms with Crippen molar-refractivity contribution in [3.63, 3.8) is 0 Å². The molecule has 19 heavy (non-hydrogen) atoms. The van der Waals surface area contributed by atoms with Gasteiger partial charge in [-0.3, -0.25) is 4.79 Å². The van der Waals surface area contributed by atoms with Gasteiger partial charge in [-0.05, 0) is 17.7 Å². The Labute approximate surface area is 118 Å². The van der Waals surface area contributed by atoms with Crippen LogP contribution in [0, 0.1) is 11.6 Å². The molecule has 1 saturated heterocycles. The fourth-order valence-electron chi connectivity index (χ4n) is 1.98. The van der Waals surface area contributed by atoms with Crippen LogP contribution in [0.15, 0.2) is 18.2 Å². The van der Waals surface area contributed by atoms with Crippen molar-refractivity contribution >= 4 is 21.8 Å². The SMILES string of the molecule is O=C(Cc1ccc(F)c(F)c1)N1CCOC(CBr)C1. The summed E-state index contributed by atoms with van der Waals surface area (Å²) in [5.74, 6) is -1.92. The van der Waals surface area contributed by atoms with Crippen molar-refractivity contribution in [3.8, 4) is 0 Å². The van der Waals surface area contributed by atoms with Gasteiger partial charge in [0.2, 0.25) is 5.91 Å². The highest BCUT2D eigenvalue weighted by Gasteiger charge is 2.23. The smallest absolute Gasteiger partial charge is 0.227 e. The summed E-state index contributed by atoms with van der Waals surface area (Å²) in [6.07, 6.45) is 0.0642. The summed E-state index contributed by atoms with van der Waals surface area (Å²) >= 11 is 3.32. The summed E-state index contributed by atoms with van der Waals surface area (Å²) in [7, 11) is 0. The van der Waals surface area contributed by atoms with Crippen molar-refractivity contribution in [2.24, 2.45) is 0 Å². The molecular weight excluding hydrogens is 320 g/mol. The summed E-state index contributed by atoms with van der Waals surface area (Å²) in [5, 5.41) is 0.669. The molecule has 1 aromatic rings. The lowest BCUT2D eigenvalue weighted by Gasteiger charge is -2.32. The number of carbonyl (C=O) groups is 1. The molecule has 0 aromatic heterocycles. The maximum absolute atomic E-state index is 13.1. The van der Waals surface area contributed by atoms with Gasteiger partial charge in [0.1, 0.15) is 0 Å². The third kappa shape index (κ3) is 3.73. The predicted octanol–water partition coefficient (Wildman–Crippen LogP) is 2.13. The lowest BCUT2D eigenvalue weighted by Crippen LogP contribution is -2.46. The topological polar surface area (TPSA) is 29.5 Å². The maximum Gasteiger partial charge on any atom is 0.227 e. The summed E-state index contributed by atoms with van der Waals surface area (Å²) < 4.78 is 31.3. The Morgan fingerprint density at radius 1 is 1.42 bits per heavy atom. The van der Waals surface area contributed by atoms with E-state index in [-0.39, 0.29) is 18.4 Å². The molecule has 0 N–H and O–H groups in total. The summed E-state index contributed by atoms with van der Waals surface area (Å²) in [4.78, 5) is 13.8. The third-order valence-electron chi connectivity index (χ3n) is 3.00. The summed E-state index contributed by atoms with van der Waals surface area (Å²) in [5.41, 5.74) is 0.478. The lowest BCUT2D eigenvalue weighted by atomic mass is 10.1. The summed E-state index contributed by atoms with van der Waals surface area (Å²) in [6.45, 7) is 1.56. The fourth-order valence-corrected chi connectivity index (χ4v) is 2.37. The lowest BCUT2D eigenvalue weighted by molar-refractivity contribution is -0.137. The quantitative estimate of drug-likeness (QED) is 0.793. The molecule has 0 radical (unpaired) electrons. The highest BCUT2D eigenvalue weighted by atomic mass is 79.9. The molecule has 1 aliphatic heterocycles. The van der Waals surface area contributed by atoms with Crippen molar-refractivity contribution in [1.82, 2.24) is 4.90 Å². The van der Waals surface area contributed by atoms with Gasteiger partial charge in [0.25, 0.3) is 0 Å². The van der Waals surface area contributed by atoms with Crippen molar-refractivity contribution in [1.29, 1.82) is 0 Å². The Morgan fingerprint density at radius 2 is 2.21 bits per heavy atom. The van der Waals surface area contributed by atoms with Crippen LogP contribution in [-0.4, -0.2) is 41.9 Å². The van der Waals surface area contributed by atoms with Crippen LogP contribution in [0.3, 0.4) is 0 Å². The van der Waals surface area contributed by atoms with Crippen LogP contribution in [0.5, 0.6) is 0 Å². The molecule has 1 amide bonds. The molecule has 1 fully saturated rings. The van der Waals surface area contributed by atoms with E-state index < -0.39 is 11.6 Å². The highest BCUT2D eigenvalue weighted by molar-refractivity contribution is 9.09. The minimum atomic E-state index is -0.925. The zero-order valence-corrected chi connectivity index (χ0v) is 11.8. The van der Waals surface area contributed by atoms with Crippen molar-refractivity contribution in [3.05, 3.63) is 35.4 Å². The first-order chi connectivity index (χ1) is 9.10. The Bertz CT molecular complexity index is 470. The molecule has 1 heterocycles. The molecule has 0 aliphatic carbocycles. The van der Waals surface area contributed by atoms with Crippen molar-refractivity contribution in [2.75, 3.05) is 25.0 Å². The van der Waals surface area contributed by atoms with Crippen LogP contribution in [-0.2, 0) is 16.0 Å². The maximum atomic E-state index is 13.1. The molecule has 3 nitrogen and oxygen atoms in total. The molecule has 1 aliphatic rings. The van der Waals surface area contributed by atoms with E-state index in [2.05, 4.69) is 15.9 Å². The molecule has 2 rings (SSSR count). The first-order valence-corrected chi connectivity index (χ1v) is 7.11. The van der Waals surface area contributed by atoms with Gasteiger partial charge in [-0.2, -0.15) is 0 Å². The van der Waals surface area contributed by atoms with Crippen LogP contribution in [0.1, 0.15) is 5.56 Å². The second kappa shape index (κ2) is 6.43. The van der Waals surface area contributed by atoms with E-state index in [4.69, 9.17) is 4.74 Å². The van der Waals surface area contributed by atoms with Crippen LogP contribution in [0.25, 0.3) is 0 Å². The Balaban J connectivity index is 1.98. The standard InChI is InChI=1S/C13H14BrF2NO2/c14-7-10-8-17(3-4-19-10)13(18)6-9-1-2-11(15)12(16)5-9/h1-2,5,10H,3-4,6-8H2. The van der Waals surface area contributed by atoms with Gasteiger partial charge in [0.15, 0.2) is 11.6 Å². The number of hydrogen-bond acceptors (Lipinski definition) is 2. The number of rotatable bonds is 3. The van der Waals surface area contributed by atoms with Gasteiger partial charge in [0, 0.05) is 18.4 Å². The van der Waals surface area contributed by atoms with Gasteiger partial charge in [-0.15, -0.1) is 0 Å². The van der Waals surface area contributed by atoms with E-state index >= 15 is 0 Å². The van der Waals surface area contributed by atoms with Gasteiger partial charge in [0.05, 0.1) is 19.1 Å². The van der Waals surface area contributed by atoms with Crippen LogP contribution < -0.4 is 0 Å². The fraction of sp³-hybridized carbons (Fsp3) is 0.462. The Morgan fingerprint density at radius 3 is 2.89 bits per heavy atom. The number of carbonyl (C=O) groups excluding carboxylic acids is 1. The third-order valence-corrected chi connectivity index (χ3v) is 3.73. The van der Waals surface area contributed by atoms with E-state index in [0.717, 1.165) is 12.1 Å². The molecular formula is C13H14BrF2NO2. The molecule has 0 saturated carbocycles. The molecule has 104 valence electrons. The van der Waals surface area contributed by atoms with Gasteiger partial charge in [-0.1, -0.05) is 22.0 Å². The first kappa shape index (κ1) is 14.4. The number of ether oxygens (including phenoxy) is 1. The van der Waals surface area contributed by atoms with Gasteiger partial charge >= 0.3 is 0 Å². The Kier molecular flexibility index (Phi) is 4.87. The molecule has 1 atom stereocenters. The van der Waals surface area contributed by atoms with Crippen LogP contribution in [0.2, 0.25) is 0 Å². The van der Waals surface area contributed by atoms with Crippen LogP contribution >= 0.6 is 15.9 Å². The highest BCUT2D eigenvalue weighted by Crippen LogP contribution is 2.13. The van der Waals surface area contributed by atoms with E-state index in [0.29, 0.717) is 30.6 Å². The molecule has 1 unspecified atom stereocenters. The second-order valence-electron chi connectivity index (χ2n) is 4.41. The predicted molar refractivity (Wildman–Crippen MR) is 70.2 cm³/mol. The second-order valence-corrected chi connectivity index (χ2v) is 5.06. The number of morpholine rings is 1. The van der Waals surface area contributed by atoms with Crippen LogP contribution in [0.4, 0.5) is 8.78 Å².